The van der Waals surface area contributed by atoms with Crippen LogP contribution in [0.3, 0.4) is 0 Å². The lowest BCUT2D eigenvalue weighted by atomic mass is 10.2. The van der Waals surface area contributed by atoms with Crippen molar-refractivity contribution in [2.45, 2.75) is 6.54 Å². The quantitative estimate of drug-likeness (QED) is 0.841. The molecule has 2 rings (SSSR count). The van der Waals surface area contributed by atoms with Gasteiger partial charge < -0.3 is 10.6 Å². The number of hydrogen-bond donors (Lipinski definition) is 2. The molecule has 2 aromatic rings. The van der Waals surface area contributed by atoms with E-state index >= 15 is 0 Å². The molecule has 0 radical (unpaired) electrons. The number of nitrogens with one attached hydrogen (secondary N) is 2. The molecule has 0 unspecified atom stereocenters. The minimum atomic E-state index is -0.309. The first-order valence-electron chi connectivity index (χ1n) is 5.69. The van der Waals surface area contributed by atoms with Crippen molar-refractivity contribution < 1.29 is 8.78 Å². The molecule has 0 amide bonds. The van der Waals surface area contributed by atoms with Gasteiger partial charge in [-0.05, 0) is 42.5 Å². The highest BCUT2D eigenvalue weighted by Crippen LogP contribution is 2.09. The molecule has 2 aromatic carbocycles. The number of anilines is 1. The Morgan fingerprint density at radius 2 is 1.68 bits per heavy atom. The molecule has 0 aliphatic carbocycles. The number of thiocarbonyl (C=S) groups is 1. The molecule has 0 aromatic heterocycles. The zero-order chi connectivity index (χ0) is 13.7. The van der Waals surface area contributed by atoms with Gasteiger partial charge in [0.1, 0.15) is 11.6 Å². The summed E-state index contributed by atoms with van der Waals surface area (Å²) in [6.07, 6.45) is 0. The van der Waals surface area contributed by atoms with Crippen LogP contribution in [-0.4, -0.2) is 5.11 Å². The molecule has 2 N–H and O–H groups in total. The number of halogens is 2. The highest BCUT2D eigenvalue weighted by molar-refractivity contribution is 7.80. The fourth-order valence-corrected chi connectivity index (χ4v) is 1.72. The summed E-state index contributed by atoms with van der Waals surface area (Å²) < 4.78 is 26.1. The van der Waals surface area contributed by atoms with Gasteiger partial charge in [-0.2, -0.15) is 0 Å². The minimum Gasteiger partial charge on any atom is -0.358 e. The van der Waals surface area contributed by atoms with Crippen LogP contribution >= 0.6 is 12.2 Å². The predicted octanol–water partition coefficient (Wildman–Crippen LogP) is 3.45. The van der Waals surface area contributed by atoms with Crippen LogP contribution in [0.25, 0.3) is 0 Å². The van der Waals surface area contributed by atoms with Gasteiger partial charge in [0.2, 0.25) is 0 Å². The summed E-state index contributed by atoms with van der Waals surface area (Å²) in [4.78, 5) is 0. The molecule has 0 fully saturated rings. The van der Waals surface area contributed by atoms with Gasteiger partial charge in [0.25, 0.3) is 0 Å². The van der Waals surface area contributed by atoms with Gasteiger partial charge in [0, 0.05) is 17.8 Å². The van der Waals surface area contributed by atoms with Crippen LogP contribution in [0.2, 0.25) is 0 Å². The molecule has 0 bridgehead atoms. The number of hydrogen-bond acceptors (Lipinski definition) is 1. The maximum absolute atomic E-state index is 13.4. The van der Waals surface area contributed by atoms with Crippen LogP contribution in [0, 0.1) is 11.6 Å². The van der Waals surface area contributed by atoms with E-state index in [9.17, 15) is 8.78 Å². The Morgan fingerprint density at radius 3 is 2.37 bits per heavy atom. The van der Waals surface area contributed by atoms with Crippen LogP contribution in [0.4, 0.5) is 14.5 Å². The van der Waals surface area contributed by atoms with E-state index in [1.165, 1.54) is 18.2 Å². The summed E-state index contributed by atoms with van der Waals surface area (Å²) in [6, 6.07) is 12.3. The van der Waals surface area contributed by atoms with E-state index < -0.39 is 0 Å². The Morgan fingerprint density at radius 1 is 1.00 bits per heavy atom. The maximum Gasteiger partial charge on any atom is 0.171 e. The van der Waals surface area contributed by atoms with Gasteiger partial charge in [-0.3, -0.25) is 0 Å². The van der Waals surface area contributed by atoms with Crippen molar-refractivity contribution in [3.05, 3.63) is 65.7 Å². The van der Waals surface area contributed by atoms with Gasteiger partial charge in [0.15, 0.2) is 5.11 Å². The Balaban J connectivity index is 1.88. The van der Waals surface area contributed by atoms with Crippen molar-refractivity contribution in [2.24, 2.45) is 0 Å². The van der Waals surface area contributed by atoms with Crippen molar-refractivity contribution in [1.82, 2.24) is 5.32 Å². The SMILES string of the molecule is Fc1ccc(NC(=S)NCc2ccccc2F)cc1. The molecule has 98 valence electrons. The third-order valence-electron chi connectivity index (χ3n) is 2.50. The van der Waals surface area contributed by atoms with Gasteiger partial charge in [0.05, 0.1) is 0 Å². The molecule has 0 aliphatic rings. The first kappa shape index (κ1) is 13.4. The maximum atomic E-state index is 13.4. The first-order chi connectivity index (χ1) is 9.15. The average molecular weight is 278 g/mol. The van der Waals surface area contributed by atoms with E-state index in [-0.39, 0.29) is 11.6 Å². The van der Waals surface area contributed by atoms with Gasteiger partial charge in [-0.15, -0.1) is 0 Å². The number of benzene rings is 2. The van der Waals surface area contributed by atoms with E-state index in [4.69, 9.17) is 12.2 Å². The fraction of sp³-hybridized carbons (Fsp3) is 0.0714. The average Bonchev–Trinajstić information content (AvgIpc) is 2.40. The van der Waals surface area contributed by atoms with Crippen molar-refractivity contribution in [2.75, 3.05) is 5.32 Å². The standard InChI is InChI=1S/C14H12F2N2S/c15-11-5-7-12(8-6-11)18-14(19)17-9-10-3-1-2-4-13(10)16/h1-8H,9H2,(H2,17,18,19). The Bertz CT molecular complexity index is 570. The molecule has 5 heteroatoms. The molecule has 2 nitrogen and oxygen atoms in total. The molecular weight excluding hydrogens is 266 g/mol. The van der Waals surface area contributed by atoms with Crippen LogP contribution in [0.15, 0.2) is 48.5 Å². The Hall–Kier alpha value is -2.01. The smallest absolute Gasteiger partial charge is 0.171 e. The van der Waals surface area contributed by atoms with Crippen molar-refractivity contribution in [3.8, 4) is 0 Å². The summed E-state index contributed by atoms with van der Waals surface area (Å²) in [6.45, 7) is 0.291. The summed E-state index contributed by atoms with van der Waals surface area (Å²) >= 11 is 5.07. The minimum absolute atomic E-state index is 0.278. The van der Waals surface area contributed by atoms with Crippen molar-refractivity contribution in [1.29, 1.82) is 0 Å². The largest absolute Gasteiger partial charge is 0.358 e. The monoisotopic (exact) mass is 278 g/mol. The van der Waals surface area contributed by atoms with Crippen LogP contribution in [0.1, 0.15) is 5.56 Å². The second-order valence-electron chi connectivity index (χ2n) is 3.91. The van der Waals surface area contributed by atoms with Gasteiger partial charge in [-0.25, -0.2) is 8.78 Å². The molecule has 0 saturated heterocycles. The number of rotatable bonds is 3. The van der Waals surface area contributed by atoms with Crippen molar-refractivity contribution in [3.63, 3.8) is 0 Å². The summed E-state index contributed by atoms with van der Waals surface area (Å²) in [5.41, 5.74) is 1.21. The van der Waals surface area contributed by atoms with Crippen LogP contribution < -0.4 is 10.6 Å². The fourth-order valence-electron chi connectivity index (χ4n) is 1.53. The summed E-state index contributed by atoms with van der Waals surface area (Å²) in [5.74, 6) is -0.588. The Labute approximate surface area is 115 Å². The highest BCUT2D eigenvalue weighted by atomic mass is 32.1. The zero-order valence-electron chi connectivity index (χ0n) is 9.99. The molecule has 0 saturated carbocycles. The van der Waals surface area contributed by atoms with Crippen LogP contribution in [-0.2, 0) is 6.54 Å². The van der Waals surface area contributed by atoms with E-state index in [0.717, 1.165) is 0 Å². The van der Waals surface area contributed by atoms with E-state index in [1.807, 2.05) is 0 Å². The van der Waals surface area contributed by atoms with E-state index in [0.29, 0.717) is 22.9 Å². The van der Waals surface area contributed by atoms with Gasteiger partial charge >= 0.3 is 0 Å². The molecular formula is C14H12F2N2S. The topological polar surface area (TPSA) is 24.1 Å². The van der Waals surface area contributed by atoms with Gasteiger partial charge in [-0.1, -0.05) is 18.2 Å². The second-order valence-corrected chi connectivity index (χ2v) is 4.31. The second kappa shape index (κ2) is 6.24. The van der Waals surface area contributed by atoms with Crippen LogP contribution in [0.5, 0.6) is 0 Å². The first-order valence-corrected chi connectivity index (χ1v) is 6.10. The van der Waals surface area contributed by atoms with E-state index in [2.05, 4.69) is 10.6 Å². The molecule has 0 atom stereocenters. The lowest BCUT2D eigenvalue weighted by molar-refractivity contribution is 0.606. The predicted molar refractivity (Wildman–Crippen MR) is 75.9 cm³/mol. The zero-order valence-corrected chi connectivity index (χ0v) is 10.8. The third-order valence-corrected chi connectivity index (χ3v) is 2.75. The highest BCUT2D eigenvalue weighted by Gasteiger charge is 2.02. The third kappa shape index (κ3) is 3.99. The normalized spacial score (nSPS) is 10.0. The lowest BCUT2D eigenvalue weighted by Crippen LogP contribution is -2.28. The van der Waals surface area contributed by atoms with Crippen molar-refractivity contribution >= 4 is 23.0 Å². The molecule has 0 heterocycles. The molecule has 19 heavy (non-hydrogen) atoms. The van der Waals surface area contributed by atoms with E-state index in [1.54, 1.807) is 30.3 Å². The summed E-state index contributed by atoms with van der Waals surface area (Å²) in [7, 11) is 0. The summed E-state index contributed by atoms with van der Waals surface area (Å²) in [5, 5.41) is 6.14. The Kier molecular flexibility index (Phi) is 4.41. The molecule has 0 aliphatic heterocycles. The molecule has 0 spiro atoms. The lowest BCUT2D eigenvalue weighted by Gasteiger charge is -2.10.